The number of hydrogen-bond acceptors (Lipinski definition) is 6. The number of amides is 1. The standard InChI is InChI=1S/C8H7ClN4OS2/c1-15-8-12-5(9)2-3(10)4(6(11)14)16-7(2)13-8/h10H2,1H3,(H2,11,14). The Kier molecular flexibility index (Phi) is 2.92. The van der Waals surface area contributed by atoms with Crippen LogP contribution >= 0.6 is 34.7 Å². The second-order valence-electron chi connectivity index (χ2n) is 2.89. The fourth-order valence-corrected chi connectivity index (χ4v) is 2.98. The zero-order chi connectivity index (χ0) is 11.9. The summed E-state index contributed by atoms with van der Waals surface area (Å²) in [6, 6.07) is 0. The molecule has 2 rings (SSSR count). The van der Waals surface area contributed by atoms with Crippen LogP contribution in [0.5, 0.6) is 0 Å². The number of halogens is 1. The summed E-state index contributed by atoms with van der Waals surface area (Å²) in [5.74, 6) is -0.581. The summed E-state index contributed by atoms with van der Waals surface area (Å²) in [5, 5.41) is 1.28. The highest BCUT2D eigenvalue weighted by atomic mass is 35.5. The molecule has 8 heteroatoms. The highest BCUT2D eigenvalue weighted by molar-refractivity contribution is 7.98. The van der Waals surface area contributed by atoms with Crippen molar-refractivity contribution in [1.29, 1.82) is 0 Å². The van der Waals surface area contributed by atoms with Gasteiger partial charge in [0.2, 0.25) is 0 Å². The van der Waals surface area contributed by atoms with Crippen LogP contribution in [0.25, 0.3) is 10.2 Å². The number of aromatic nitrogens is 2. The number of thiophene rings is 1. The molecule has 0 saturated carbocycles. The van der Waals surface area contributed by atoms with Crippen LogP contribution in [0.4, 0.5) is 5.69 Å². The predicted octanol–water partition coefficient (Wildman–Crippen LogP) is 1.75. The molecule has 0 aliphatic heterocycles. The Bertz CT molecular complexity index is 583. The number of primary amides is 1. The van der Waals surface area contributed by atoms with Crippen molar-refractivity contribution in [3.63, 3.8) is 0 Å². The van der Waals surface area contributed by atoms with Gasteiger partial charge in [0.25, 0.3) is 5.91 Å². The number of nitrogens with zero attached hydrogens (tertiary/aromatic N) is 2. The van der Waals surface area contributed by atoms with E-state index >= 15 is 0 Å². The Morgan fingerprint density at radius 3 is 2.75 bits per heavy atom. The second kappa shape index (κ2) is 4.08. The van der Waals surface area contributed by atoms with Crippen LogP contribution in [-0.4, -0.2) is 22.1 Å². The number of carbonyl (C=O) groups excluding carboxylic acids is 1. The largest absolute Gasteiger partial charge is 0.397 e. The van der Waals surface area contributed by atoms with E-state index in [0.717, 1.165) is 11.3 Å². The first-order valence-electron chi connectivity index (χ1n) is 4.14. The number of fused-ring (bicyclic) bond motifs is 1. The first kappa shape index (κ1) is 11.4. The van der Waals surface area contributed by atoms with Crippen LogP contribution in [0.15, 0.2) is 5.16 Å². The van der Waals surface area contributed by atoms with Crippen LogP contribution in [0.2, 0.25) is 5.15 Å². The van der Waals surface area contributed by atoms with E-state index in [9.17, 15) is 4.79 Å². The third-order valence-electron chi connectivity index (χ3n) is 1.93. The Balaban J connectivity index is 2.80. The van der Waals surface area contributed by atoms with Crippen molar-refractivity contribution in [2.45, 2.75) is 5.16 Å². The third-order valence-corrected chi connectivity index (χ3v) is 3.87. The van der Waals surface area contributed by atoms with E-state index in [1.54, 1.807) is 0 Å². The molecule has 84 valence electrons. The Labute approximate surface area is 104 Å². The lowest BCUT2D eigenvalue weighted by Crippen LogP contribution is -2.10. The minimum Gasteiger partial charge on any atom is -0.397 e. The second-order valence-corrected chi connectivity index (χ2v) is 5.02. The molecule has 5 nitrogen and oxygen atoms in total. The molecule has 0 fully saturated rings. The van der Waals surface area contributed by atoms with Gasteiger partial charge in [-0.1, -0.05) is 23.4 Å². The third kappa shape index (κ3) is 1.70. The van der Waals surface area contributed by atoms with Crippen molar-refractivity contribution in [2.24, 2.45) is 5.73 Å². The van der Waals surface area contributed by atoms with Crippen molar-refractivity contribution < 1.29 is 4.79 Å². The minimum absolute atomic E-state index is 0.246. The van der Waals surface area contributed by atoms with Gasteiger partial charge in [-0.3, -0.25) is 4.79 Å². The molecule has 0 radical (unpaired) electrons. The molecule has 0 aliphatic rings. The monoisotopic (exact) mass is 274 g/mol. The molecule has 0 atom stereocenters. The number of thioether (sulfide) groups is 1. The molecule has 2 aromatic heterocycles. The van der Waals surface area contributed by atoms with Crippen molar-refractivity contribution in [1.82, 2.24) is 9.97 Å². The smallest absolute Gasteiger partial charge is 0.260 e. The lowest BCUT2D eigenvalue weighted by atomic mass is 10.3. The van der Waals surface area contributed by atoms with Crippen LogP contribution in [0.1, 0.15) is 9.67 Å². The van der Waals surface area contributed by atoms with Gasteiger partial charge in [0.15, 0.2) is 5.16 Å². The Morgan fingerprint density at radius 2 is 2.19 bits per heavy atom. The Morgan fingerprint density at radius 1 is 1.50 bits per heavy atom. The maximum Gasteiger partial charge on any atom is 0.260 e. The van der Waals surface area contributed by atoms with E-state index in [1.807, 2.05) is 6.26 Å². The van der Waals surface area contributed by atoms with Gasteiger partial charge < -0.3 is 11.5 Å². The summed E-state index contributed by atoms with van der Waals surface area (Å²) in [7, 11) is 0. The molecule has 0 spiro atoms. The van der Waals surface area contributed by atoms with Crippen LogP contribution in [0, 0.1) is 0 Å². The highest BCUT2D eigenvalue weighted by Gasteiger charge is 2.18. The molecule has 0 aliphatic carbocycles. The van der Waals surface area contributed by atoms with Gasteiger partial charge in [-0.05, 0) is 6.26 Å². The number of nitrogen functional groups attached to an aromatic ring is 1. The molecule has 0 unspecified atom stereocenters. The van der Waals surface area contributed by atoms with Crippen molar-refractivity contribution in [2.75, 3.05) is 12.0 Å². The van der Waals surface area contributed by atoms with Gasteiger partial charge in [-0.25, -0.2) is 9.97 Å². The quantitative estimate of drug-likeness (QED) is 0.494. The summed E-state index contributed by atoms with van der Waals surface area (Å²) in [6.45, 7) is 0. The SMILES string of the molecule is CSc1nc(Cl)c2c(N)c(C(N)=O)sc2n1. The van der Waals surface area contributed by atoms with E-state index in [2.05, 4.69) is 9.97 Å². The zero-order valence-electron chi connectivity index (χ0n) is 8.15. The molecule has 16 heavy (non-hydrogen) atoms. The van der Waals surface area contributed by atoms with Crippen molar-refractivity contribution in [3.05, 3.63) is 10.0 Å². The number of hydrogen-bond donors (Lipinski definition) is 2. The summed E-state index contributed by atoms with van der Waals surface area (Å²) < 4.78 is 0. The van der Waals surface area contributed by atoms with Crippen molar-refractivity contribution >= 4 is 56.5 Å². The highest BCUT2D eigenvalue weighted by Crippen LogP contribution is 2.36. The molecule has 4 N–H and O–H groups in total. The molecule has 1 amide bonds. The van der Waals surface area contributed by atoms with Gasteiger partial charge >= 0.3 is 0 Å². The molecular weight excluding hydrogens is 268 g/mol. The summed E-state index contributed by atoms with van der Waals surface area (Å²) >= 11 is 8.47. The van der Waals surface area contributed by atoms with Gasteiger partial charge in [0, 0.05) is 0 Å². The van der Waals surface area contributed by atoms with E-state index in [0.29, 0.717) is 15.4 Å². The van der Waals surface area contributed by atoms with Crippen LogP contribution in [0.3, 0.4) is 0 Å². The lowest BCUT2D eigenvalue weighted by Gasteiger charge is -1.98. The summed E-state index contributed by atoms with van der Waals surface area (Å²) in [5.41, 5.74) is 11.2. The van der Waals surface area contributed by atoms with Gasteiger partial charge in [0.05, 0.1) is 11.1 Å². The molecule has 0 bridgehead atoms. The maximum absolute atomic E-state index is 11.1. The van der Waals surface area contributed by atoms with Gasteiger partial charge in [-0.2, -0.15) is 0 Å². The van der Waals surface area contributed by atoms with Crippen molar-refractivity contribution in [3.8, 4) is 0 Å². The molecule has 2 heterocycles. The molecular formula is C8H7ClN4OS2. The Hall–Kier alpha value is -1.05. The molecule has 0 aromatic carbocycles. The zero-order valence-corrected chi connectivity index (χ0v) is 10.5. The first-order valence-corrected chi connectivity index (χ1v) is 6.55. The van der Waals surface area contributed by atoms with E-state index in [-0.39, 0.29) is 15.7 Å². The number of anilines is 1. The van der Waals surface area contributed by atoms with E-state index in [1.165, 1.54) is 11.8 Å². The topological polar surface area (TPSA) is 94.9 Å². The number of carbonyl (C=O) groups is 1. The number of nitrogens with two attached hydrogens (primary N) is 2. The van der Waals surface area contributed by atoms with E-state index < -0.39 is 5.91 Å². The summed E-state index contributed by atoms with van der Waals surface area (Å²) in [4.78, 5) is 20.2. The average Bonchev–Trinajstić information content (AvgIpc) is 2.56. The summed E-state index contributed by atoms with van der Waals surface area (Å²) in [6.07, 6.45) is 1.84. The minimum atomic E-state index is -0.581. The van der Waals surface area contributed by atoms with Crippen LogP contribution in [-0.2, 0) is 0 Å². The fourth-order valence-electron chi connectivity index (χ4n) is 1.24. The molecule has 0 saturated heterocycles. The first-order chi connectivity index (χ1) is 7.54. The predicted molar refractivity (Wildman–Crippen MR) is 67.1 cm³/mol. The van der Waals surface area contributed by atoms with Gasteiger partial charge in [-0.15, -0.1) is 11.3 Å². The van der Waals surface area contributed by atoms with Gasteiger partial charge in [0.1, 0.15) is 14.9 Å². The fraction of sp³-hybridized carbons (Fsp3) is 0.125. The van der Waals surface area contributed by atoms with E-state index in [4.69, 9.17) is 23.1 Å². The number of rotatable bonds is 2. The normalized spacial score (nSPS) is 10.9. The lowest BCUT2D eigenvalue weighted by molar-refractivity contribution is 0.100. The molecule has 2 aromatic rings. The average molecular weight is 275 g/mol. The van der Waals surface area contributed by atoms with Crippen LogP contribution < -0.4 is 11.5 Å². The maximum atomic E-state index is 11.1.